The Kier molecular flexibility index (Phi) is 4.45. The maximum Gasteiger partial charge on any atom is 0.0619 e. The first-order valence-corrected chi connectivity index (χ1v) is 8.35. The predicted octanol–water partition coefficient (Wildman–Crippen LogP) is 2.41. The molecule has 3 nitrogen and oxygen atoms in total. The zero-order valence-corrected chi connectivity index (χ0v) is 12.6. The van der Waals surface area contributed by atoms with E-state index in [0.717, 1.165) is 24.6 Å². The molecule has 0 radical (unpaired) electrons. The van der Waals surface area contributed by atoms with Crippen LogP contribution in [0.25, 0.3) is 0 Å². The highest BCUT2D eigenvalue weighted by molar-refractivity contribution is 4.93. The van der Waals surface area contributed by atoms with Gasteiger partial charge in [0.15, 0.2) is 0 Å². The topological polar surface area (TPSA) is 24.5 Å². The SMILES string of the molecule is CC(C)N1CCC(N[C@@H]2CCC[C@H]3OCC[C@H]23)CC1. The minimum absolute atomic E-state index is 0.571. The summed E-state index contributed by atoms with van der Waals surface area (Å²) >= 11 is 0. The van der Waals surface area contributed by atoms with E-state index in [1.807, 2.05) is 0 Å². The lowest BCUT2D eigenvalue weighted by molar-refractivity contribution is 0.0478. The van der Waals surface area contributed by atoms with E-state index in [-0.39, 0.29) is 0 Å². The number of piperidine rings is 1. The number of rotatable bonds is 3. The molecule has 3 fully saturated rings. The fraction of sp³-hybridized carbons (Fsp3) is 1.00. The molecule has 1 aliphatic carbocycles. The summed E-state index contributed by atoms with van der Waals surface area (Å²) in [4.78, 5) is 2.61. The first-order chi connectivity index (χ1) is 9.24. The van der Waals surface area contributed by atoms with Crippen molar-refractivity contribution in [3.8, 4) is 0 Å². The van der Waals surface area contributed by atoms with E-state index in [2.05, 4.69) is 24.1 Å². The molecule has 2 aliphatic heterocycles. The number of fused-ring (bicyclic) bond motifs is 1. The van der Waals surface area contributed by atoms with Gasteiger partial charge in [0.25, 0.3) is 0 Å². The average Bonchev–Trinajstić information content (AvgIpc) is 2.89. The molecule has 19 heavy (non-hydrogen) atoms. The van der Waals surface area contributed by atoms with Crippen LogP contribution in [0.5, 0.6) is 0 Å². The molecule has 3 atom stereocenters. The van der Waals surface area contributed by atoms with Crippen LogP contribution in [-0.2, 0) is 4.74 Å². The number of likely N-dealkylation sites (tertiary alicyclic amines) is 1. The Balaban J connectivity index is 1.49. The van der Waals surface area contributed by atoms with E-state index in [9.17, 15) is 0 Å². The largest absolute Gasteiger partial charge is 0.378 e. The monoisotopic (exact) mass is 266 g/mol. The smallest absolute Gasteiger partial charge is 0.0619 e. The molecule has 0 bridgehead atoms. The van der Waals surface area contributed by atoms with E-state index in [4.69, 9.17) is 4.74 Å². The molecule has 1 saturated carbocycles. The second-order valence-corrected chi connectivity index (χ2v) is 6.97. The minimum atomic E-state index is 0.571. The van der Waals surface area contributed by atoms with Crippen LogP contribution in [0.2, 0.25) is 0 Å². The van der Waals surface area contributed by atoms with Gasteiger partial charge in [-0.3, -0.25) is 0 Å². The van der Waals surface area contributed by atoms with Crippen LogP contribution in [0.1, 0.15) is 52.4 Å². The fourth-order valence-corrected chi connectivity index (χ4v) is 4.27. The van der Waals surface area contributed by atoms with Crippen LogP contribution < -0.4 is 5.32 Å². The maximum atomic E-state index is 5.88. The quantitative estimate of drug-likeness (QED) is 0.849. The van der Waals surface area contributed by atoms with Crippen LogP contribution in [-0.4, -0.2) is 48.8 Å². The summed E-state index contributed by atoms with van der Waals surface area (Å²) in [6.45, 7) is 8.17. The van der Waals surface area contributed by atoms with Crippen LogP contribution in [0.4, 0.5) is 0 Å². The van der Waals surface area contributed by atoms with Crippen LogP contribution in [0, 0.1) is 5.92 Å². The molecule has 0 spiro atoms. The third-order valence-electron chi connectivity index (χ3n) is 5.49. The fourth-order valence-electron chi connectivity index (χ4n) is 4.27. The molecule has 3 aliphatic rings. The highest BCUT2D eigenvalue weighted by Crippen LogP contribution is 2.35. The van der Waals surface area contributed by atoms with Gasteiger partial charge in [-0.2, -0.15) is 0 Å². The van der Waals surface area contributed by atoms with Crippen LogP contribution in [0.15, 0.2) is 0 Å². The minimum Gasteiger partial charge on any atom is -0.378 e. The summed E-state index contributed by atoms with van der Waals surface area (Å²) in [5.41, 5.74) is 0. The van der Waals surface area contributed by atoms with Crippen LogP contribution in [0.3, 0.4) is 0 Å². The van der Waals surface area contributed by atoms with Gasteiger partial charge >= 0.3 is 0 Å². The molecule has 0 unspecified atom stereocenters. The molecule has 110 valence electrons. The Hall–Kier alpha value is -0.120. The van der Waals surface area contributed by atoms with E-state index in [0.29, 0.717) is 12.1 Å². The van der Waals surface area contributed by atoms with Crippen molar-refractivity contribution in [1.29, 1.82) is 0 Å². The van der Waals surface area contributed by atoms with E-state index in [1.54, 1.807) is 0 Å². The number of hydrogen-bond donors (Lipinski definition) is 1. The van der Waals surface area contributed by atoms with Gasteiger partial charge in [-0.05, 0) is 65.5 Å². The molecule has 2 saturated heterocycles. The molecular formula is C16H30N2O. The second-order valence-electron chi connectivity index (χ2n) is 6.97. The molecule has 0 aromatic rings. The lowest BCUT2D eigenvalue weighted by Gasteiger charge is -2.40. The highest BCUT2D eigenvalue weighted by atomic mass is 16.5. The number of nitrogens with zero attached hydrogens (tertiary/aromatic N) is 1. The van der Waals surface area contributed by atoms with Crippen molar-refractivity contribution in [2.24, 2.45) is 5.92 Å². The van der Waals surface area contributed by atoms with Gasteiger partial charge in [-0.15, -0.1) is 0 Å². The molecule has 3 heteroatoms. The molecule has 0 aromatic heterocycles. The van der Waals surface area contributed by atoms with Gasteiger partial charge in [0.05, 0.1) is 6.10 Å². The van der Waals surface area contributed by atoms with Crippen molar-refractivity contribution in [2.75, 3.05) is 19.7 Å². The third-order valence-corrected chi connectivity index (χ3v) is 5.49. The molecule has 2 heterocycles. The van der Waals surface area contributed by atoms with Gasteiger partial charge in [0.1, 0.15) is 0 Å². The standard InChI is InChI=1S/C16H30N2O/c1-12(2)18-9-6-13(7-10-18)17-15-4-3-5-16-14(15)8-11-19-16/h12-17H,3-11H2,1-2H3/t14-,15-,16-/m1/s1. The third kappa shape index (κ3) is 3.14. The van der Waals surface area contributed by atoms with Gasteiger partial charge in [0, 0.05) is 30.7 Å². The van der Waals surface area contributed by atoms with E-state index in [1.165, 1.54) is 51.6 Å². The Morgan fingerprint density at radius 2 is 1.84 bits per heavy atom. The summed E-state index contributed by atoms with van der Waals surface area (Å²) < 4.78 is 5.88. The molecular weight excluding hydrogens is 236 g/mol. The Labute approximate surface area is 118 Å². The van der Waals surface area contributed by atoms with Crippen molar-refractivity contribution >= 4 is 0 Å². The lowest BCUT2D eigenvalue weighted by atomic mass is 9.81. The number of hydrogen-bond acceptors (Lipinski definition) is 3. The Morgan fingerprint density at radius 3 is 2.58 bits per heavy atom. The van der Waals surface area contributed by atoms with Gasteiger partial charge in [-0.25, -0.2) is 0 Å². The van der Waals surface area contributed by atoms with Gasteiger partial charge < -0.3 is 15.0 Å². The predicted molar refractivity (Wildman–Crippen MR) is 78.4 cm³/mol. The molecule has 0 aromatic carbocycles. The first kappa shape index (κ1) is 13.8. The number of ether oxygens (including phenoxy) is 1. The summed E-state index contributed by atoms with van der Waals surface area (Å²) in [6.07, 6.45) is 8.53. The summed E-state index contributed by atoms with van der Waals surface area (Å²) in [6, 6.07) is 2.19. The van der Waals surface area contributed by atoms with Crippen molar-refractivity contribution in [3.05, 3.63) is 0 Å². The normalized spacial score (nSPS) is 37.7. The summed E-state index contributed by atoms with van der Waals surface area (Å²) in [5.74, 6) is 0.803. The van der Waals surface area contributed by atoms with Crippen molar-refractivity contribution in [1.82, 2.24) is 10.2 Å². The van der Waals surface area contributed by atoms with E-state index >= 15 is 0 Å². The second kappa shape index (κ2) is 6.11. The van der Waals surface area contributed by atoms with Crippen molar-refractivity contribution in [3.63, 3.8) is 0 Å². The zero-order valence-electron chi connectivity index (χ0n) is 12.6. The summed E-state index contributed by atoms with van der Waals surface area (Å²) in [5, 5.41) is 3.98. The Bertz CT molecular complexity index is 286. The van der Waals surface area contributed by atoms with Gasteiger partial charge in [-0.1, -0.05) is 0 Å². The molecule has 3 rings (SSSR count). The maximum absolute atomic E-state index is 5.88. The summed E-state index contributed by atoms with van der Waals surface area (Å²) in [7, 11) is 0. The van der Waals surface area contributed by atoms with E-state index < -0.39 is 0 Å². The van der Waals surface area contributed by atoms with Gasteiger partial charge in [0.2, 0.25) is 0 Å². The van der Waals surface area contributed by atoms with Crippen LogP contribution >= 0.6 is 0 Å². The first-order valence-electron chi connectivity index (χ1n) is 8.35. The number of nitrogens with one attached hydrogen (secondary N) is 1. The van der Waals surface area contributed by atoms with Crippen molar-refractivity contribution < 1.29 is 4.74 Å². The molecule has 1 N–H and O–H groups in total. The lowest BCUT2D eigenvalue weighted by Crippen LogP contribution is -2.51. The van der Waals surface area contributed by atoms with Crippen molar-refractivity contribution in [2.45, 2.75) is 76.6 Å². The molecule has 0 amide bonds. The zero-order chi connectivity index (χ0) is 13.2. The highest BCUT2D eigenvalue weighted by Gasteiger charge is 2.38. The Morgan fingerprint density at radius 1 is 1.05 bits per heavy atom. The average molecular weight is 266 g/mol.